The number of benzene rings is 2. The largest absolute Gasteiger partial charge is 0.369 e. The molecule has 2 aromatic rings. The van der Waals surface area contributed by atoms with Crippen molar-refractivity contribution in [2.75, 3.05) is 37.6 Å². The number of rotatable bonds is 8. The van der Waals surface area contributed by atoms with Crippen LogP contribution in [-0.4, -0.2) is 52.1 Å². The Labute approximate surface area is 173 Å². The van der Waals surface area contributed by atoms with Crippen LogP contribution in [0.3, 0.4) is 0 Å². The zero-order valence-corrected chi connectivity index (χ0v) is 18.0. The van der Waals surface area contributed by atoms with E-state index in [0.717, 1.165) is 39.1 Å². The lowest BCUT2D eigenvalue weighted by Crippen LogP contribution is -2.47. The van der Waals surface area contributed by atoms with Crippen LogP contribution in [0.1, 0.15) is 24.5 Å². The molecule has 0 bridgehead atoms. The molecular formula is C22H30FN3O2S. The van der Waals surface area contributed by atoms with Gasteiger partial charge in [0.25, 0.3) is 0 Å². The molecule has 5 nitrogen and oxygen atoms in total. The number of nitrogens with one attached hydrogen (secondary N) is 1. The Morgan fingerprint density at radius 2 is 1.76 bits per heavy atom. The van der Waals surface area contributed by atoms with E-state index < -0.39 is 10.0 Å². The van der Waals surface area contributed by atoms with Crippen LogP contribution >= 0.6 is 0 Å². The van der Waals surface area contributed by atoms with Gasteiger partial charge in [0.05, 0.1) is 5.75 Å². The van der Waals surface area contributed by atoms with Crippen LogP contribution in [0.2, 0.25) is 0 Å². The molecule has 0 spiro atoms. The average Bonchev–Trinajstić information content (AvgIpc) is 2.68. The van der Waals surface area contributed by atoms with Gasteiger partial charge in [0, 0.05) is 37.9 Å². The number of halogens is 1. The number of hydrogen-bond donors (Lipinski definition) is 1. The SMILES string of the molecule is Cc1cccc(N2CCN(CCC(C)NS(=O)(=O)Cc3ccc(F)cc3)CC2)c1. The van der Waals surface area contributed by atoms with Crippen molar-refractivity contribution in [2.24, 2.45) is 0 Å². The number of nitrogens with zero attached hydrogens (tertiary/aromatic N) is 2. The molecule has 1 heterocycles. The van der Waals surface area contributed by atoms with E-state index in [4.69, 9.17) is 0 Å². The highest BCUT2D eigenvalue weighted by molar-refractivity contribution is 7.88. The van der Waals surface area contributed by atoms with Gasteiger partial charge in [-0.3, -0.25) is 4.90 Å². The van der Waals surface area contributed by atoms with E-state index in [-0.39, 0.29) is 17.6 Å². The van der Waals surface area contributed by atoms with E-state index >= 15 is 0 Å². The highest BCUT2D eigenvalue weighted by atomic mass is 32.2. The molecule has 7 heteroatoms. The number of anilines is 1. The average molecular weight is 420 g/mol. The molecule has 158 valence electrons. The second-order valence-corrected chi connectivity index (χ2v) is 9.61. The van der Waals surface area contributed by atoms with Crippen LogP contribution in [-0.2, 0) is 15.8 Å². The first-order valence-corrected chi connectivity index (χ1v) is 11.7. The smallest absolute Gasteiger partial charge is 0.216 e. The summed E-state index contributed by atoms with van der Waals surface area (Å²) >= 11 is 0. The van der Waals surface area contributed by atoms with Gasteiger partial charge in [-0.15, -0.1) is 0 Å². The topological polar surface area (TPSA) is 52.6 Å². The maximum Gasteiger partial charge on any atom is 0.216 e. The molecule has 3 rings (SSSR count). The first kappa shape index (κ1) is 21.7. The summed E-state index contributed by atoms with van der Waals surface area (Å²) in [6.07, 6.45) is 0.757. The molecule has 0 aromatic heterocycles. The maximum atomic E-state index is 13.0. The predicted octanol–water partition coefficient (Wildman–Crippen LogP) is 3.15. The summed E-state index contributed by atoms with van der Waals surface area (Å²) in [5, 5.41) is 0. The van der Waals surface area contributed by atoms with Crippen molar-refractivity contribution in [2.45, 2.75) is 32.1 Å². The molecule has 0 aliphatic carbocycles. The summed E-state index contributed by atoms with van der Waals surface area (Å²) in [5.41, 5.74) is 3.12. The lowest BCUT2D eigenvalue weighted by molar-refractivity contribution is 0.248. The third-order valence-electron chi connectivity index (χ3n) is 5.27. The fraction of sp³-hybridized carbons (Fsp3) is 0.455. The van der Waals surface area contributed by atoms with E-state index in [0.29, 0.717) is 5.56 Å². The van der Waals surface area contributed by atoms with Gasteiger partial charge in [-0.05, 0) is 62.2 Å². The third kappa shape index (κ3) is 6.80. The van der Waals surface area contributed by atoms with Crippen LogP contribution in [0.4, 0.5) is 10.1 Å². The Kier molecular flexibility index (Phi) is 7.27. The second kappa shape index (κ2) is 9.69. The molecule has 0 saturated carbocycles. The van der Waals surface area contributed by atoms with Gasteiger partial charge in [-0.2, -0.15) is 0 Å². The first-order chi connectivity index (χ1) is 13.8. The molecular weight excluding hydrogens is 389 g/mol. The minimum absolute atomic E-state index is 0.132. The standard InChI is InChI=1S/C22H30FN3O2S/c1-18-4-3-5-22(16-18)26-14-12-25(13-15-26)11-10-19(2)24-29(27,28)17-20-6-8-21(23)9-7-20/h3-9,16,19,24H,10-15,17H2,1-2H3. The van der Waals surface area contributed by atoms with Gasteiger partial charge in [0.1, 0.15) is 5.82 Å². The van der Waals surface area contributed by atoms with Crippen LogP contribution < -0.4 is 9.62 Å². The van der Waals surface area contributed by atoms with Gasteiger partial charge in [0.15, 0.2) is 0 Å². The van der Waals surface area contributed by atoms with E-state index in [2.05, 4.69) is 45.7 Å². The van der Waals surface area contributed by atoms with Crippen molar-refractivity contribution in [3.63, 3.8) is 0 Å². The monoisotopic (exact) mass is 419 g/mol. The van der Waals surface area contributed by atoms with Gasteiger partial charge in [-0.25, -0.2) is 17.5 Å². The summed E-state index contributed by atoms with van der Waals surface area (Å²) in [5.74, 6) is -0.498. The Morgan fingerprint density at radius 1 is 1.07 bits per heavy atom. The van der Waals surface area contributed by atoms with E-state index in [1.54, 1.807) is 0 Å². The maximum absolute atomic E-state index is 13.0. The van der Waals surface area contributed by atoms with Gasteiger partial charge >= 0.3 is 0 Å². The quantitative estimate of drug-likeness (QED) is 0.714. The van der Waals surface area contributed by atoms with Crippen molar-refractivity contribution < 1.29 is 12.8 Å². The Hall–Kier alpha value is -1.96. The van der Waals surface area contributed by atoms with Gasteiger partial charge in [-0.1, -0.05) is 24.3 Å². The van der Waals surface area contributed by atoms with E-state index in [1.807, 2.05) is 6.92 Å². The molecule has 1 atom stereocenters. The lowest BCUT2D eigenvalue weighted by atomic mass is 10.2. The fourth-order valence-corrected chi connectivity index (χ4v) is 5.08. The molecule has 2 aromatic carbocycles. The molecule has 1 fully saturated rings. The van der Waals surface area contributed by atoms with E-state index in [9.17, 15) is 12.8 Å². The van der Waals surface area contributed by atoms with Crippen molar-refractivity contribution in [3.8, 4) is 0 Å². The first-order valence-electron chi connectivity index (χ1n) is 10.1. The zero-order valence-electron chi connectivity index (χ0n) is 17.1. The van der Waals surface area contributed by atoms with Crippen LogP contribution in [0.15, 0.2) is 48.5 Å². The van der Waals surface area contributed by atoms with Crippen LogP contribution in [0, 0.1) is 12.7 Å². The fourth-order valence-electron chi connectivity index (χ4n) is 3.64. The van der Waals surface area contributed by atoms with E-state index in [1.165, 1.54) is 35.5 Å². The van der Waals surface area contributed by atoms with Crippen molar-refractivity contribution in [1.82, 2.24) is 9.62 Å². The van der Waals surface area contributed by atoms with Gasteiger partial charge < -0.3 is 4.90 Å². The number of hydrogen-bond acceptors (Lipinski definition) is 4. The zero-order chi connectivity index (χ0) is 20.9. The van der Waals surface area contributed by atoms with Gasteiger partial charge in [0.2, 0.25) is 10.0 Å². The highest BCUT2D eigenvalue weighted by Crippen LogP contribution is 2.18. The number of piperazine rings is 1. The minimum atomic E-state index is -3.45. The molecule has 1 N–H and O–H groups in total. The summed E-state index contributed by atoms with van der Waals surface area (Å²) in [4.78, 5) is 4.79. The Morgan fingerprint density at radius 3 is 2.41 bits per heavy atom. The predicted molar refractivity (Wildman–Crippen MR) is 116 cm³/mol. The highest BCUT2D eigenvalue weighted by Gasteiger charge is 2.20. The number of sulfonamides is 1. The second-order valence-electron chi connectivity index (χ2n) is 7.86. The van der Waals surface area contributed by atoms with Crippen LogP contribution in [0.5, 0.6) is 0 Å². The van der Waals surface area contributed by atoms with Crippen molar-refractivity contribution >= 4 is 15.7 Å². The lowest BCUT2D eigenvalue weighted by Gasteiger charge is -2.36. The molecule has 29 heavy (non-hydrogen) atoms. The molecule has 0 radical (unpaired) electrons. The summed E-state index contributed by atoms with van der Waals surface area (Å²) in [6.45, 7) is 8.78. The normalized spacial score (nSPS) is 16.7. The van der Waals surface area contributed by atoms with Crippen molar-refractivity contribution in [1.29, 1.82) is 0 Å². The van der Waals surface area contributed by atoms with Crippen molar-refractivity contribution in [3.05, 3.63) is 65.5 Å². The summed E-state index contributed by atoms with van der Waals surface area (Å²) in [7, 11) is -3.45. The molecule has 1 unspecified atom stereocenters. The summed E-state index contributed by atoms with van der Waals surface area (Å²) < 4.78 is 40.4. The Balaban J connectivity index is 1.41. The number of aryl methyl sites for hydroxylation is 1. The molecule has 1 aliphatic rings. The molecule has 1 aliphatic heterocycles. The Bertz CT molecular complexity index is 895. The minimum Gasteiger partial charge on any atom is -0.369 e. The van der Waals surface area contributed by atoms with Crippen LogP contribution in [0.25, 0.3) is 0 Å². The third-order valence-corrected chi connectivity index (χ3v) is 6.74. The summed E-state index contributed by atoms with van der Waals surface area (Å²) in [6, 6.07) is 14.0. The molecule has 0 amide bonds. The molecule has 1 saturated heterocycles.